The van der Waals surface area contributed by atoms with Gasteiger partial charge in [-0.3, -0.25) is 4.79 Å². The number of benzene rings is 1. The minimum Gasteiger partial charge on any atom is -0.451 e. The number of hydrogen-bond acceptors (Lipinski definition) is 3. The first-order valence-electron chi connectivity index (χ1n) is 6.27. The van der Waals surface area contributed by atoms with Crippen molar-refractivity contribution >= 4 is 16.9 Å². The van der Waals surface area contributed by atoms with Crippen LogP contribution in [0.2, 0.25) is 0 Å². The van der Waals surface area contributed by atoms with Crippen LogP contribution in [0.15, 0.2) is 34.7 Å². The number of carbonyl (C=O) groups is 1. The van der Waals surface area contributed by atoms with Crippen LogP contribution in [0, 0.1) is 0 Å². The first kappa shape index (κ1) is 11.3. The summed E-state index contributed by atoms with van der Waals surface area (Å²) >= 11 is 0. The molecule has 0 bridgehead atoms. The first-order valence-corrected chi connectivity index (χ1v) is 6.27. The molecule has 4 heteroatoms. The average Bonchev–Trinajstić information content (AvgIpc) is 2.81. The van der Waals surface area contributed by atoms with E-state index in [4.69, 9.17) is 10.2 Å². The van der Waals surface area contributed by atoms with Gasteiger partial charge in [-0.15, -0.1) is 0 Å². The second-order valence-corrected chi connectivity index (χ2v) is 4.80. The van der Waals surface area contributed by atoms with Gasteiger partial charge in [0.05, 0.1) is 0 Å². The Hall–Kier alpha value is -1.81. The van der Waals surface area contributed by atoms with Crippen LogP contribution < -0.4 is 5.73 Å². The maximum atomic E-state index is 12.3. The van der Waals surface area contributed by atoms with E-state index >= 15 is 0 Å². The molecular formula is C14H16N2O2. The molecule has 0 spiro atoms. The van der Waals surface area contributed by atoms with Crippen LogP contribution >= 0.6 is 0 Å². The quantitative estimate of drug-likeness (QED) is 0.834. The second kappa shape index (κ2) is 4.46. The van der Waals surface area contributed by atoms with Crippen LogP contribution in [0.4, 0.5) is 0 Å². The van der Waals surface area contributed by atoms with Crippen LogP contribution in [0.3, 0.4) is 0 Å². The molecule has 94 valence electrons. The smallest absolute Gasteiger partial charge is 0.289 e. The van der Waals surface area contributed by atoms with Crippen molar-refractivity contribution in [2.45, 2.75) is 18.9 Å². The first-order chi connectivity index (χ1) is 8.74. The van der Waals surface area contributed by atoms with Crippen molar-refractivity contribution in [3.8, 4) is 0 Å². The number of para-hydroxylation sites is 1. The number of rotatable bonds is 1. The number of furan rings is 1. The van der Waals surface area contributed by atoms with Gasteiger partial charge in [0.15, 0.2) is 5.76 Å². The molecule has 1 aliphatic rings. The van der Waals surface area contributed by atoms with Gasteiger partial charge in [0.1, 0.15) is 5.58 Å². The predicted octanol–water partition coefficient (Wildman–Crippen LogP) is 2.00. The lowest BCUT2D eigenvalue weighted by Gasteiger charge is -2.29. The molecule has 4 nitrogen and oxygen atoms in total. The van der Waals surface area contributed by atoms with E-state index in [1.807, 2.05) is 24.3 Å². The summed E-state index contributed by atoms with van der Waals surface area (Å²) in [5.74, 6) is 0.353. The van der Waals surface area contributed by atoms with Crippen molar-refractivity contribution in [2.75, 3.05) is 13.1 Å². The molecule has 2 heterocycles. The minimum atomic E-state index is -0.0543. The fourth-order valence-electron chi connectivity index (χ4n) is 2.44. The average molecular weight is 244 g/mol. The molecule has 1 aliphatic heterocycles. The molecule has 2 aromatic rings. The monoisotopic (exact) mass is 244 g/mol. The van der Waals surface area contributed by atoms with Gasteiger partial charge in [0.2, 0.25) is 0 Å². The zero-order chi connectivity index (χ0) is 12.5. The van der Waals surface area contributed by atoms with Gasteiger partial charge < -0.3 is 15.1 Å². The Morgan fingerprint density at radius 3 is 3.00 bits per heavy atom. The zero-order valence-corrected chi connectivity index (χ0v) is 10.1. The maximum absolute atomic E-state index is 12.3. The van der Waals surface area contributed by atoms with Crippen molar-refractivity contribution < 1.29 is 9.21 Å². The number of piperidine rings is 1. The van der Waals surface area contributed by atoms with E-state index in [-0.39, 0.29) is 11.9 Å². The normalized spacial score (nSPS) is 20.3. The highest BCUT2D eigenvalue weighted by molar-refractivity contribution is 5.96. The van der Waals surface area contributed by atoms with Crippen molar-refractivity contribution in [1.82, 2.24) is 4.90 Å². The fourth-order valence-corrected chi connectivity index (χ4v) is 2.44. The SMILES string of the molecule is NC1CCCN(C(=O)c2cc3ccccc3o2)C1. The van der Waals surface area contributed by atoms with Crippen molar-refractivity contribution in [1.29, 1.82) is 0 Å². The molecule has 0 saturated carbocycles. The maximum Gasteiger partial charge on any atom is 0.289 e. The Morgan fingerprint density at radius 2 is 2.22 bits per heavy atom. The molecule has 1 amide bonds. The fraction of sp³-hybridized carbons (Fsp3) is 0.357. The number of hydrogen-bond donors (Lipinski definition) is 1. The van der Waals surface area contributed by atoms with Crippen molar-refractivity contribution in [2.24, 2.45) is 5.73 Å². The topological polar surface area (TPSA) is 59.5 Å². The summed E-state index contributed by atoms with van der Waals surface area (Å²) in [6.07, 6.45) is 1.96. The number of nitrogens with zero attached hydrogens (tertiary/aromatic N) is 1. The van der Waals surface area contributed by atoms with E-state index in [0.29, 0.717) is 12.3 Å². The summed E-state index contributed by atoms with van der Waals surface area (Å²) in [7, 11) is 0. The van der Waals surface area contributed by atoms with Crippen molar-refractivity contribution in [3.63, 3.8) is 0 Å². The minimum absolute atomic E-state index is 0.0543. The molecule has 1 fully saturated rings. The Morgan fingerprint density at radius 1 is 1.39 bits per heavy atom. The molecule has 18 heavy (non-hydrogen) atoms. The second-order valence-electron chi connectivity index (χ2n) is 4.80. The van der Waals surface area contributed by atoms with Crippen LogP contribution in [-0.4, -0.2) is 29.9 Å². The molecule has 1 saturated heterocycles. The molecule has 3 rings (SSSR count). The highest BCUT2D eigenvalue weighted by Gasteiger charge is 2.24. The molecule has 1 aromatic carbocycles. The number of nitrogens with two attached hydrogens (primary N) is 1. The number of carbonyl (C=O) groups excluding carboxylic acids is 1. The third-order valence-electron chi connectivity index (χ3n) is 3.38. The molecular weight excluding hydrogens is 228 g/mol. The standard InChI is InChI=1S/C14H16N2O2/c15-11-5-3-7-16(9-11)14(17)13-8-10-4-1-2-6-12(10)18-13/h1-2,4,6,8,11H,3,5,7,9,15H2. The summed E-state index contributed by atoms with van der Waals surface area (Å²) in [5.41, 5.74) is 6.64. The lowest BCUT2D eigenvalue weighted by Crippen LogP contribution is -2.45. The molecule has 1 atom stereocenters. The third kappa shape index (κ3) is 1.99. The molecule has 2 N–H and O–H groups in total. The number of fused-ring (bicyclic) bond motifs is 1. The van der Waals surface area contributed by atoms with Gasteiger partial charge in [-0.05, 0) is 25.0 Å². The lowest BCUT2D eigenvalue weighted by atomic mass is 10.1. The highest BCUT2D eigenvalue weighted by Crippen LogP contribution is 2.21. The summed E-state index contributed by atoms with van der Waals surface area (Å²) in [5, 5.41) is 0.960. The molecule has 0 radical (unpaired) electrons. The van der Waals surface area contributed by atoms with Gasteiger partial charge in [0.25, 0.3) is 5.91 Å². The summed E-state index contributed by atoms with van der Waals surface area (Å²) < 4.78 is 5.59. The van der Waals surface area contributed by atoms with E-state index in [1.165, 1.54) is 0 Å². The molecule has 0 aliphatic carbocycles. The van der Waals surface area contributed by atoms with Gasteiger partial charge in [-0.2, -0.15) is 0 Å². The third-order valence-corrected chi connectivity index (χ3v) is 3.38. The molecule has 1 unspecified atom stereocenters. The van der Waals surface area contributed by atoms with Crippen molar-refractivity contribution in [3.05, 3.63) is 36.1 Å². The lowest BCUT2D eigenvalue weighted by molar-refractivity contribution is 0.0679. The number of amides is 1. The zero-order valence-electron chi connectivity index (χ0n) is 10.1. The predicted molar refractivity (Wildman–Crippen MR) is 69.3 cm³/mol. The van der Waals surface area contributed by atoms with Gasteiger partial charge in [-0.25, -0.2) is 0 Å². The van der Waals surface area contributed by atoms with E-state index in [1.54, 1.807) is 11.0 Å². The van der Waals surface area contributed by atoms with Crippen LogP contribution in [0.1, 0.15) is 23.4 Å². The molecule has 1 aromatic heterocycles. The van der Waals surface area contributed by atoms with E-state index in [0.717, 1.165) is 30.4 Å². The number of likely N-dealkylation sites (tertiary alicyclic amines) is 1. The van der Waals surface area contributed by atoms with Gasteiger partial charge >= 0.3 is 0 Å². The summed E-state index contributed by atoms with van der Waals surface area (Å²) in [6.45, 7) is 1.39. The van der Waals surface area contributed by atoms with Crippen LogP contribution in [-0.2, 0) is 0 Å². The summed E-state index contributed by atoms with van der Waals surface area (Å²) in [4.78, 5) is 14.1. The summed E-state index contributed by atoms with van der Waals surface area (Å²) in [6, 6.07) is 9.54. The Balaban J connectivity index is 1.87. The Kier molecular flexibility index (Phi) is 2.80. The van der Waals surface area contributed by atoms with Gasteiger partial charge in [0, 0.05) is 24.5 Å². The van der Waals surface area contributed by atoms with Gasteiger partial charge in [-0.1, -0.05) is 18.2 Å². The van der Waals surface area contributed by atoms with Crippen LogP contribution in [0.25, 0.3) is 11.0 Å². The Labute approximate surface area is 105 Å². The highest BCUT2D eigenvalue weighted by atomic mass is 16.3. The van der Waals surface area contributed by atoms with Crippen LogP contribution in [0.5, 0.6) is 0 Å². The van der Waals surface area contributed by atoms with E-state index in [2.05, 4.69) is 0 Å². The Bertz CT molecular complexity index is 543. The van der Waals surface area contributed by atoms with E-state index in [9.17, 15) is 4.79 Å². The largest absolute Gasteiger partial charge is 0.451 e. The van der Waals surface area contributed by atoms with E-state index < -0.39 is 0 Å².